The summed E-state index contributed by atoms with van der Waals surface area (Å²) < 4.78 is 6.18. The molecule has 0 amide bonds. The first-order valence-corrected chi connectivity index (χ1v) is 12.9. The van der Waals surface area contributed by atoms with Crippen LogP contribution in [0.3, 0.4) is 0 Å². The van der Waals surface area contributed by atoms with Crippen LogP contribution in [0.1, 0.15) is 98.8 Å². The Labute approximate surface area is 193 Å². The maximum absolute atomic E-state index is 13.1. The Hall–Kier alpha value is -1.42. The largest absolute Gasteiger partial charge is 0.450 e. The fourth-order valence-electron chi connectivity index (χ4n) is 8.15. The molecule has 32 heavy (non-hydrogen) atoms. The van der Waals surface area contributed by atoms with Crippen molar-refractivity contribution < 1.29 is 19.4 Å². The van der Waals surface area contributed by atoms with Crippen molar-refractivity contribution in [3.05, 3.63) is 23.3 Å². The number of unbranched alkanes of at least 4 members (excludes halogenated alkanes) is 2. The third-order valence-corrected chi connectivity index (χ3v) is 9.91. The van der Waals surface area contributed by atoms with Gasteiger partial charge in [0.2, 0.25) is 0 Å². The van der Waals surface area contributed by atoms with Crippen LogP contribution in [-0.2, 0) is 14.3 Å². The topological polar surface area (TPSA) is 63.6 Å². The number of hydrogen-bond acceptors (Lipinski definition) is 4. The van der Waals surface area contributed by atoms with Gasteiger partial charge in [-0.05, 0) is 87.5 Å². The van der Waals surface area contributed by atoms with Gasteiger partial charge in [-0.25, -0.2) is 0 Å². The molecule has 0 unspecified atom stereocenters. The molecule has 0 bridgehead atoms. The van der Waals surface area contributed by atoms with Gasteiger partial charge in [0.05, 0.1) is 6.10 Å². The minimum Gasteiger partial charge on any atom is -0.450 e. The van der Waals surface area contributed by atoms with Gasteiger partial charge in [0.15, 0.2) is 11.4 Å². The zero-order valence-electron chi connectivity index (χ0n) is 20.7. The first kappa shape index (κ1) is 23.7. The molecule has 2 saturated carbocycles. The molecule has 0 heterocycles. The van der Waals surface area contributed by atoms with E-state index in [-0.39, 0.29) is 28.7 Å². The second-order valence-electron chi connectivity index (χ2n) is 11.6. The second-order valence-corrected chi connectivity index (χ2v) is 11.6. The molecular formula is C28H42O4. The minimum atomic E-state index is -0.979. The van der Waals surface area contributed by atoms with Gasteiger partial charge in [0.1, 0.15) is 0 Å². The Balaban J connectivity index is 1.66. The summed E-state index contributed by atoms with van der Waals surface area (Å²) in [5.41, 5.74) is 1.41. The third-order valence-electron chi connectivity index (χ3n) is 9.91. The number of ether oxygens (including phenoxy) is 1. The van der Waals surface area contributed by atoms with Gasteiger partial charge in [0.25, 0.3) is 0 Å². The number of ketones is 1. The first-order chi connectivity index (χ1) is 15.1. The average Bonchev–Trinajstić information content (AvgIpc) is 3.03. The zero-order chi connectivity index (χ0) is 23.3. The molecule has 4 aliphatic carbocycles. The summed E-state index contributed by atoms with van der Waals surface area (Å²) in [6.45, 7) is 10.6. The molecule has 1 N–H and O–H groups in total. The molecule has 4 aliphatic rings. The van der Waals surface area contributed by atoms with Crippen LogP contribution in [0.2, 0.25) is 0 Å². The lowest BCUT2D eigenvalue weighted by Crippen LogP contribution is -2.58. The van der Waals surface area contributed by atoms with Crippen LogP contribution < -0.4 is 0 Å². The summed E-state index contributed by atoms with van der Waals surface area (Å²) in [5, 5.41) is 10.3. The number of esters is 1. The highest BCUT2D eigenvalue weighted by Crippen LogP contribution is 2.68. The maximum atomic E-state index is 13.1. The van der Waals surface area contributed by atoms with Crippen molar-refractivity contribution in [1.82, 2.24) is 0 Å². The standard InChI is InChI=1S/C28H42O4/c1-6-7-8-9-25(31)32-28(19(3)29)15-12-23-21-16-18(2)24-17-20(30)10-13-26(24,4)22(21)11-14-27(23,28)5/h16-17,20-23,30H,6-15H2,1-5H3/t20-,21+,22+,23+,26-,27+,28+/m1/s1. The van der Waals surface area contributed by atoms with Crippen molar-refractivity contribution >= 4 is 11.8 Å². The molecule has 4 rings (SSSR count). The maximum Gasteiger partial charge on any atom is 0.306 e. The van der Waals surface area contributed by atoms with Gasteiger partial charge < -0.3 is 9.84 Å². The number of carbonyl (C=O) groups excluding carboxylic acids is 2. The smallest absolute Gasteiger partial charge is 0.306 e. The fourth-order valence-corrected chi connectivity index (χ4v) is 8.15. The molecule has 0 aromatic rings. The number of Topliss-reactive ketones (excluding diaryl/α,β-unsaturated/α-hetero) is 1. The van der Waals surface area contributed by atoms with E-state index in [1.165, 1.54) is 11.1 Å². The lowest BCUT2D eigenvalue weighted by Gasteiger charge is -2.58. The summed E-state index contributed by atoms with van der Waals surface area (Å²) in [4.78, 5) is 25.9. The normalized spacial score (nSPS) is 42.8. The van der Waals surface area contributed by atoms with E-state index >= 15 is 0 Å². The Kier molecular flexibility index (Phi) is 6.24. The lowest BCUT2D eigenvalue weighted by atomic mass is 9.47. The number of fused-ring (bicyclic) bond motifs is 5. The minimum absolute atomic E-state index is 0.0221. The SMILES string of the molecule is CCCCCC(=O)O[C@]1(C(C)=O)CC[C@H]2[C@H]3C=C(C)C4=C[C@H](O)CC[C@]4(C)[C@H]3CC[C@@]21C. The number of allylic oxidation sites excluding steroid dienone is 3. The predicted molar refractivity (Wildman–Crippen MR) is 126 cm³/mol. The highest BCUT2D eigenvalue weighted by atomic mass is 16.6. The van der Waals surface area contributed by atoms with E-state index in [2.05, 4.69) is 39.8 Å². The molecule has 4 heteroatoms. The van der Waals surface area contributed by atoms with Crippen LogP contribution in [0.4, 0.5) is 0 Å². The molecule has 0 aromatic carbocycles. The van der Waals surface area contributed by atoms with Crippen molar-refractivity contribution in [2.45, 2.75) is 111 Å². The fraction of sp³-hybridized carbons (Fsp3) is 0.786. The molecule has 0 spiro atoms. The Bertz CT molecular complexity index is 840. The van der Waals surface area contributed by atoms with Crippen molar-refractivity contribution in [2.24, 2.45) is 28.6 Å². The predicted octanol–water partition coefficient (Wildman–Crippen LogP) is 5.93. The quantitative estimate of drug-likeness (QED) is 0.409. The zero-order valence-corrected chi connectivity index (χ0v) is 20.7. The van der Waals surface area contributed by atoms with E-state index in [0.717, 1.165) is 51.4 Å². The van der Waals surface area contributed by atoms with E-state index in [4.69, 9.17) is 4.74 Å². The van der Waals surface area contributed by atoms with Crippen LogP contribution in [-0.4, -0.2) is 28.6 Å². The molecule has 2 fully saturated rings. The van der Waals surface area contributed by atoms with Gasteiger partial charge in [-0.3, -0.25) is 9.59 Å². The summed E-state index contributed by atoms with van der Waals surface area (Å²) in [5.74, 6) is 1.08. The molecular weight excluding hydrogens is 400 g/mol. The highest BCUT2D eigenvalue weighted by Gasteiger charge is 2.67. The second kappa shape index (κ2) is 8.42. The summed E-state index contributed by atoms with van der Waals surface area (Å²) in [7, 11) is 0. The van der Waals surface area contributed by atoms with Gasteiger partial charge in [-0.15, -0.1) is 0 Å². The summed E-state index contributed by atoms with van der Waals surface area (Å²) in [6, 6.07) is 0. The van der Waals surface area contributed by atoms with Crippen LogP contribution in [0, 0.1) is 28.6 Å². The van der Waals surface area contributed by atoms with E-state index < -0.39 is 5.60 Å². The summed E-state index contributed by atoms with van der Waals surface area (Å²) >= 11 is 0. The van der Waals surface area contributed by atoms with Crippen molar-refractivity contribution in [3.8, 4) is 0 Å². The molecule has 0 aromatic heterocycles. The molecule has 7 atom stereocenters. The molecule has 0 saturated heterocycles. The van der Waals surface area contributed by atoms with Gasteiger partial charge >= 0.3 is 5.97 Å². The van der Waals surface area contributed by atoms with Crippen LogP contribution in [0.25, 0.3) is 0 Å². The van der Waals surface area contributed by atoms with Crippen LogP contribution >= 0.6 is 0 Å². The number of aliphatic hydroxyl groups excluding tert-OH is 1. The van der Waals surface area contributed by atoms with Crippen LogP contribution in [0.5, 0.6) is 0 Å². The van der Waals surface area contributed by atoms with Crippen molar-refractivity contribution in [3.63, 3.8) is 0 Å². The third kappa shape index (κ3) is 3.43. The molecule has 178 valence electrons. The number of aliphatic hydroxyl groups is 1. The highest BCUT2D eigenvalue weighted by molar-refractivity contribution is 5.89. The molecule has 0 aliphatic heterocycles. The number of rotatable bonds is 6. The van der Waals surface area contributed by atoms with Gasteiger partial charge in [0, 0.05) is 11.8 Å². The lowest BCUT2D eigenvalue weighted by molar-refractivity contribution is -0.187. The Morgan fingerprint density at radius 2 is 1.78 bits per heavy atom. The van der Waals surface area contributed by atoms with Gasteiger partial charge in [-0.2, -0.15) is 0 Å². The molecule has 4 nitrogen and oxygen atoms in total. The van der Waals surface area contributed by atoms with E-state index in [9.17, 15) is 14.7 Å². The van der Waals surface area contributed by atoms with Gasteiger partial charge in [-0.1, -0.05) is 51.3 Å². The average molecular weight is 443 g/mol. The monoisotopic (exact) mass is 442 g/mol. The van der Waals surface area contributed by atoms with Crippen LogP contribution in [0.15, 0.2) is 23.3 Å². The van der Waals surface area contributed by atoms with Crippen molar-refractivity contribution in [1.29, 1.82) is 0 Å². The Morgan fingerprint density at radius 1 is 1.06 bits per heavy atom. The van der Waals surface area contributed by atoms with E-state index in [0.29, 0.717) is 30.6 Å². The number of hydrogen-bond donors (Lipinski definition) is 1. The Morgan fingerprint density at radius 3 is 2.47 bits per heavy atom. The summed E-state index contributed by atoms with van der Waals surface area (Å²) in [6.07, 6.45) is 12.9. The number of carbonyl (C=O) groups is 2. The first-order valence-electron chi connectivity index (χ1n) is 12.9. The van der Waals surface area contributed by atoms with E-state index in [1.54, 1.807) is 6.92 Å². The van der Waals surface area contributed by atoms with E-state index in [1.807, 2.05) is 0 Å². The molecule has 0 radical (unpaired) electrons. The van der Waals surface area contributed by atoms with Crippen molar-refractivity contribution in [2.75, 3.05) is 0 Å².